The summed E-state index contributed by atoms with van der Waals surface area (Å²) in [6.45, 7) is 0.346. The molecule has 0 radical (unpaired) electrons. The smallest absolute Gasteiger partial charge is 0.319 e. The Kier molecular flexibility index (Phi) is 7.72. The summed E-state index contributed by atoms with van der Waals surface area (Å²) in [5.74, 6) is -1.59. The van der Waals surface area contributed by atoms with Crippen molar-refractivity contribution in [2.75, 3.05) is 36.9 Å². The fourth-order valence-corrected chi connectivity index (χ4v) is 9.53. The molecule has 4 aliphatic rings. The Bertz CT molecular complexity index is 2010. The van der Waals surface area contributed by atoms with Crippen molar-refractivity contribution in [3.8, 4) is 29.0 Å². The molecule has 48 heavy (non-hydrogen) atoms. The molecule has 8 rings (SSSR count). The van der Waals surface area contributed by atoms with Crippen LogP contribution in [0.3, 0.4) is 0 Å². The molecule has 0 spiro atoms. The van der Waals surface area contributed by atoms with Gasteiger partial charge in [0, 0.05) is 23.9 Å². The van der Waals surface area contributed by atoms with Gasteiger partial charge in [-0.05, 0) is 50.3 Å². The molecule has 15 heteroatoms. The normalized spacial score (nSPS) is 25.3. The number of thiophene rings is 1. The van der Waals surface area contributed by atoms with Gasteiger partial charge in [-0.3, -0.25) is 4.90 Å². The summed E-state index contributed by atoms with van der Waals surface area (Å²) in [5, 5.41) is 9.89. The van der Waals surface area contributed by atoms with Crippen LogP contribution in [-0.2, 0) is 0 Å². The van der Waals surface area contributed by atoms with E-state index in [1.807, 2.05) is 11.0 Å². The van der Waals surface area contributed by atoms with Crippen LogP contribution in [-0.4, -0.2) is 71.4 Å². The van der Waals surface area contributed by atoms with Crippen molar-refractivity contribution in [1.29, 1.82) is 5.26 Å². The Morgan fingerprint density at radius 1 is 1.19 bits per heavy atom. The van der Waals surface area contributed by atoms with Crippen LogP contribution >= 0.6 is 22.9 Å². The van der Waals surface area contributed by atoms with Crippen molar-refractivity contribution in [3.63, 3.8) is 0 Å². The Morgan fingerprint density at radius 3 is 2.79 bits per heavy atom. The number of nitrogen functional groups attached to an aromatic ring is 1. The molecule has 5 heterocycles. The molecule has 8 nitrogen and oxygen atoms in total. The number of fused-ring (bicyclic) bond motifs is 3. The van der Waals surface area contributed by atoms with Crippen LogP contribution in [0.4, 0.5) is 32.8 Å². The molecule has 4 aromatic rings. The first-order valence-corrected chi connectivity index (χ1v) is 17.2. The number of nitrogens with two attached hydrogens (primary N) is 1. The number of aromatic nitrogens is 2. The van der Waals surface area contributed by atoms with Crippen molar-refractivity contribution in [3.05, 3.63) is 34.4 Å². The van der Waals surface area contributed by atoms with Crippen molar-refractivity contribution in [2.45, 2.75) is 75.2 Å². The summed E-state index contributed by atoms with van der Waals surface area (Å²) in [4.78, 5) is 12.6. The molecule has 3 fully saturated rings. The first kappa shape index (κ1) is 31.6. The number of anilines is 2. The van der Waals surface area contributed by atoms with Crippen LogP contribution in [0.15, 0.2) is 12.1 Å². The van der Waals surface area contributed by atoms with E-state index in [1.165, 1.54) is 11.0 Å². The molecular weight excluding hydrogens is 675 g/mol. The highest BCUT2D eigenvalue weighted by atomic mass is 35.5. The van der Waals surface area contributed by atoms with E-state index in [9.17, 15) is 18.4 Å². The fraction of sp³-hybridized carbons (Fsp3) is 0.485. The first-order valence-electron chi connectivity index (χ1n) is 16.0. The molecule has 2 saturated heterocycles. The zero-order valence-electron chi connectivity index (χ0n) is 25.5. The van der Waals surface area contributed by atoms with Gasteiger partial charge in [-0.25, -0.2) is 22.0 Å². The topological polar surface area (TPSA) is 101 Å². The minimum Gasteiger partial charge on any atom is -0.486 e. The maximum atomic E-state index is 17.2. The van der Waals surface area contributed by atoms with Crippen LogP contribution in [0.5, 0.6) is 11.8 Å². The Hall–Kier alpha value is -3.67. The van der Waals surface area contributed by atoms with Gasteiger partial charge in [0.25, 0.3) is 6.43 Å². The summed E-state index contributed by atoms with van der Waals surface area (Å²) in [6.07, 6.45) is 0.0813. The second-order valence-electron chi connectivity index (χ2n) is 13.1. The van der Waals surface area contributed by atoms with Crippen molar-refractivity contribution >= 4 is 54.7 Å². The van der Waals surface area contributed by atoms with E-state index in [0.717, 1.165) is 43.2 Å². The van der Waals surface area contributed by atoms with Crippen LogP contribution in [0, 0.1) is 23.0 Å². The predicted molar refractivity (Wildman–Crippen MR) is 173 cm³/mol. The van der Waals surface area contributed by atoms with Gasteiger partial charge in [-0.1, -0.05) is 24.1 Å². The lowest BCUT2D eigenvalue weighted by Crippen LogP contribution is -2.49. The Balaban J connectivity index is 1.37. The number of alkyl halides is 3. The fourth-order valence-electron chi connectivity index (χ4n) is 8.26. The Morgan fingerprint density at radius 2 is 2.00 bits per heavy atom. The van der Waals surface area contributed by atoms with Gasteiger partial charge >= 0.3 is 6.01 Å². The quantitative estimate of drug-likeness (QED) is 0.205. The predicted octanol–water partition coefficient (Wildman–Crippen LogP) is 7.63. The SMILES string of the molecule is N#Cc1c(N)sc2c(F)ccc(-c3c(Cl)c4c5c(nc(OC[C@@]67CCCN6C[C@H](F)C7)nc5c3F)N(CC(F)F)C3CCCCC3O4)c12. The molecule has 1 saturated carbocycles. The van der Waals surface area contributed by atoms with E-state index in [4.69, 9.17) is 26.8 Å². The van der Waals surface area contributed by atoms with Gasteiger partial charge in [0.2, 0.25) is 0 Å². The molecule has 4 atom stereocenters. The number of nitriles is 1. The monoisotopic (exact) mass is 704 g/mol. The van der Waals surface area contributed by atoms with E-state index in [0.29, 0.717) is 25.8 Å². The van der Waals surface area contributed by atoms with Crippen molar-refractivity contribution < 1.29 is 31.4 Å². The van der Waals surface area contributed by atoms with E-state index in [1.54, 1.807) is 0 Å². The summed E-state index contributed by atoms with van der Waals surface area (Å²) in [6, 6.07) is 3.67. The number of hydrogen-bond acceptors (Lipinski definition) is 9. The van der Waals surface area contributed by atoms with Crippen LogP contribution in [0.25, 0.3) is 32.1 Å². The molecular formula is C33H30ClF5N6O2S. The van der Waals surface area contributed by atoms with Gasteiger partial charge in [-0.2, -0.15) is 15.2 Å². The van der Waals surface area contributed by atoms with Crippen LogP contribution in [0.2, 0.25) is 5.02 Å². The zero-order valence-corrected chi connectivity index (χ0v) is 27.1. The minimum absolute atomic E-state index is 0.00404. The number of hydrogen-bond donors (Lipinski definition) is 1. The van der Waals surface area contributed by atoms with E-state index in [-0.39, 0.29) is 78.3 Å². The molecule has 2 aromatic carbocycles. The van der Waals surface area contributed by atoms with Crippen LogP contribution in [0.1, 0.15) is 50.5 Å². The third kappa shape index (κ3) is 4.83. The van der Waals surface area contributed by atoms with Gasteiger partial charge in [0.05, 0.1) is 38.8 Å². The van der Waals surface area contributed by atoms with Gasteiger partial charge in [0.15, 0.2) is 11.6 Å². The second-order valence-corrected chi connectivity index (χ2v) is 14.5. The lowest BCUT2D eigenvalue weighted by Gasteiger charge is -2.38. The molecule has 1 aliphatic carbocycles. The zero-order chi connectivity index (χ0) is 33.5. The maximum Gasteiger partial charge on any atom is 0.319 e. The van der Waals surface area contributed by atoms with Crippen molar-refractivity contribution in [1.82, 2.24) is 14.9 Å². The average Bonchev–Trinajstić information content (AvgIpc) is 3.68. The van der Waals surface area contributed by atoms with Gasteiger partial charge < -0.3 is 20.1 Å². The van der Waals surface area contributed by atoms with Crippen molar-refractivity contribution in [2.24, 2.45) is 0 Å². The summed E-state index contributed by atoms with van der Waals surface area (Å²) >= 11 is 7.89. The number of benzene rings is 2. The lowest BCUT2D eigenvalue weighted by atomic mass is 9.91. The number of halogens is 6. The molecule has 0 amide bonds. The van der Waals surface area contributed by atoms with E-state index < -0.39 is 48.5 Å². The second kappa shape index (κ2) is 11.7. The molecule has 3 aliphatic heterocycles. The third-order valence-corrected chi connectivity index (χ3v) is 11.7. The lowest BCUT2D eigenvalue weighted by molar-refractivity contribution is 0.106. The van der Waals surface area contributed by atoms with E-state index >= 15 is 8.78 Å². The Labute approximate surface area is 281 Å². The standard InChI is InChI=1S/C33H30ClF5N6O2S/c34-25-23(16-6-7-18(36)29-22(16)17(11-40)30(41)48-29)26(39)27-24-28(25)47-20-5-2-1-4-19(20)45(13-21(37)38)31(24)43-32(42-27)46-14-33-8-3-9-44(33)12-15(35)10-33/h6-7,15,19-21H,1-5,8-10,12-14,41H2/t15-,19?,20?,33+/m1/s1. The maximum absolute atomic E-state index is 17.2. The van der Waals surface area contributed by atoms with Crippen LogP contribution < -0.4 is 20.1 Å². The number of nitrogens with zero attached hydrogens (tertiary/aromatic N) is 5. The summed E-state index contributed by atoms with van der Waals surface area (Å²) < 4.78 is 87.9. The molecule has 2 N–H and O–H groups in total. The number of rotatable bonds is 6. The minimum atomic E-state index is -2.75. The average molecular weight is 705 g/mol. The summed E-state index contributed by atoms with van der Waals surface area (Å²) in [5.41, 5.74) is 5.06. The highest BCUT2D eigenvalue weighted by Gasteiger charge is 2.49. The van der Waals surface area contributed by atoms with Gasteiger partial charge in [0.1, 0.15) is 47.1 Å². The van der Waals surface area contributed by atoms with Gasteiger partial charge in [-0.15, -0.1) is 11.3 Å². The highest BCUT2D eigenvalue weighted by molar-refractivity contribution is 7.23. The first-order chi connectivity index (χ1) is 23.1. The number of ether oxygens (including phenoxy) is 2. The van der Waals surface area contributed by atoms with E-state index in [2.05, 4.69) is 9.97 Å². The molecule has 2 aromatic heterocycles. The molecule has 2 unspecified atom stereocenters. The highest BCUT2D eigenvalue weighted by Crippen LogP contribution is 2.52. The summed E-state index contributed by atoms with van der Waals surface area (Å²) in [7, 11) is 0. The third-order valence-electron chi connectivity index (χ3n) is 10.3. The molecule has 0 bridgehead atoms. The molecule has 252 valence electrons. The largest absolute Gasteiger partial charge is 0.486 e.